The Kier molecular flexibility index (Phi) is 5.96. The zero-order valence-electron chi connectivity index (χ0n) is 19.7. The number of rotatable bonds is 4. The molecule has 0 aliphatic heterocycles. The number of hydrogen-bond acceptors (Lipinski definition) is 6. The van der Waals surface area contributed by atoms with Crippen LogP contribution < -0.4 is 5.73 Å². The predicted octanol–water partition coefficient (Wildman–Crippen LogP) is 4.50. The van der Waals surface area contributed by atoms with Crippen LogP contribution in [0.5, 0.6) is 0 Å². The monoisotopic (exact) mass is 436 g/mol. The maximum Gasteiger partial charge on any atom is 0.240 e. The number of aromatic nitrogens is 5. The average molecular weight is 437 g/mol. The van der Waals surface area contributed by atoms with Gasteiger partial charge in [0, 0.05) is 17.6 Å². The van der Waals surface area contributed by atoms with Crippen molar-refractivity contribution in [3.05, 3.63) is 35.9 Å². The molecule has 2 aromatic heterocycles. The largest absolute Gasteiger partial charge is 0.415 e. The van der Waals surface area contributed by atoms with E-state index < -0.39 is 8.32 Å². The van der Waals surface area contributed by atoms with Crippen LogP contribution >= 0.6 is 0 Å². The van der Waals surface area contributed by atoms with Gasteiger partial charge in [0.1, 0.15) is 12.2 Å². The van der Waals surface area contributed by atoms with E-state index in [-0.39, 0.29) is 16.4 Å². The fourth-order valence-electron chi connectivity index (χ4n) is 2.79. The summed E-state index contributed by atoms with van der Waals surface area (Å²) < 4.78 is 8.26. The molecule has 0 saturated carbocycles. The van der Waals surface area contributed by atoms with Crippen LogP contribution in [-0.4, -0.2) is 39.4 Å². The Morgan fingerprint density at radius 3 is 2.45 bits per heavy atom. The third kappa shape index (κ3) is 5.11. The zero-order chi connectivity index (χ0) is 23.0. The van der Waals surface area contributed by atoms with Gasteiger partial charge < -0.3 is 10.2 Å². The van der Waals surface area contributed by atoms with E-state index in [2.05, 4.69) is 79.5 Å². The summed E-state index contributed by atoms with van der Waals surface area (Å²) in [5.41, 5.74) is 8.11. The van der Waals surface area contributed by atoms with E-state index in [1.54, 1.807) is 0 Å². The van der Waals surface area contributed by atoms with E-state index in [0.717, 1.165) is 22.4 Å². The summed E-state index contributed by atoms with van der Waals surface area (Å²) in [6.45, 7) is 18.0. The smallest absolute Gasteiger partial charge is 0.240 e. The summed E-state index contributed by atoms with van der Waals surface area (Å²) in [4.78, 5) is 17.0. The molecule has 7 nitrogen and oxygen atoms in total. The second-order valence-electron chi connectivity index (χ2n) is 10.0. The molecule has 164 valence electrons. The molecule has 0 radical (unpaired) electrons. The van der Waals surface area contributed by atoms with E-state index in [1.165, 1.54) is 6.33 Å². The normalized spacial score (nSPS) is 12.6. The predicted molar refractivity (Wildman–Crippen MR) is 127 cm³/mol. The number of benzene rings is 1. The minimum absolute atomic E-state index is 0.172. The van der Waals surface area contributed by atoms with E-state index >= 15 is 0 Å². The number of nitrogens with two attached hydrogens (primary N) is 1. The highest BCUT2D eigenvalue weighted by atomic mass is 28.4. The molecule has 3 aromatic rings. The van der Waals surface area contributed by atoms with Crippen molar-refractivity contribution in [3.63, 3.8) is 0 Å². The van der Waals surface area contributed by atoms with Crippen molar-refractivity contribution in [2.24, 2.45) is 5.41 Å². The van der Waals surface area contributed by atoms with Crippen molar-refractivity contribution in [2.45, 2.75) is 59.7 Å². The fraction of sp³-hybridized carbons (Fsp3) is 0.478. The molecule has 0 aliphatic rings. The number of imidazole rings is 1. The number of nitrogen functional groups attached to an aromatic ring is 1. The van der Waals surface area contributed by atoms with E-state index in [9.17, 15) is 0 Å². The molecular weight excluding hydrogens is 404 g/mol. The molecule has 0 amide bonds. The molecule has 0 saturated heterocycles. The van der Waals surface area contributed by atoms with Crippen LogP contribution in [0.3, 0.4) is 0 Å². The van der Waals surface area contributed by atoms with E-state index in [0.29, 0.717) is 12.6 Å². The average Bonchev–Trinajstić information content (AvgIpc) is 2.99. The summed E-state index contributed by atoms with van der Waals surface area (Å²) in [6.07, 6.45) is 1.40. The highest BCUT2D eigenvalue weighted by molar-refractivity contribution is 6.74. The van der Waals surface area contributed by atoms with Crippen molar-refractivity contribution < 1.29 is 4.43 Å². The second kappa shape index (κ2) is 8.06. The lowest BCUT2D eigenvalue weighted by Gasteiger charge is -2.38. The standard InChI is InChI=1S/C23H32N6OSi/c1-16-27-18-10-9-17(13-19(18)29(16)21-26-15-25-20(24)28-21)11-12-23(5,6)14-30-31(7,8)22(2,3)4/h9-10,13,15H,14H2,1-8H3,(H2,24,25,26,28). The zero-order valence-corrected chi connectivity index (χ0v) is 20.7. The summed E-state index contributed by atoms with van der Waals surface area (Å²) >= 11 is 0. The number of anilines is 1. The Hall–Kier alpha value is -2.76. The molecule has 0 spiro atoms. The van der Waals surface area contributed by atoms with Gasteiger partial charge in [-0.05, 0) is 57.1 Å². The third-order valence-corrected chi connectivity index (χ3v) is 10.2. The number of hydrogen-bond donors (Lipinski definition) is 1. The summed E-state index contributed by atoms with van der Waals surface area (Å²) in [6, 6.07) is 5.96. The molecule has 0 atom stereocenters. The van der Waals surface area contributed by atoms with Gasteiger partial charge in [0.15, 0.2) is 8.32 Å². The van der Waals surface area contributed by atoms with Gasteiger partial charge in [-0.2, -0.15) is 4.98 Å². The van der Waals surface area contributed by atoms with Gasteiger partial charge in [-0.25, -0.2) is 15.0 Å². The van der Waals surface area contributed by atoms with Gasteiger partial charge in [-0.1, -0.05) is 32.6 Å². The van der Waals surface area contributed by atoms with Crippen LogP contribution in [0.4, 0.5) is 5.95 Å². The minimum atomic E-state index is -1.81. The van der Waals surface area contributed by atoms with Crippen molar-refractivity contribution in [3.8, 4) is 17.8 Å². The Balaban J connectivity index is 1.90. The summed E-state index contributed by atoms with van der Waals surface area (Å²) in [5.74, 6) is 8.10. The van der Waals surface area contributed by atoms with Gasteiger partial charge in [-0.15, -0.1) is 0 Å². The second-order valence-corrected chi connectivity index (χ2v) is 14.8. The highest BCUT2D eigenvalue weighted by Crippen LogP contribution is 2.37. The lowest BCUT2D eigenvalue weighted by atomic mass is 9.95. The first-order valence-electron chi connectivity index (χ1n) is 10.4. The molecular formula is C23H32N6OSi. The molecule has 8 heteroatoms. The van der Waals surface area contributed by atoms with Crippen LogP contribution in [0.1, 0.15) is 46.0 Å². The van der Waals surface area contributed by atoms with Gasteiger partial charge in [0.2, 0.25) is 11.9 Å². The topological polar surface area (TPSA) is 91.7 Å². The van der Waals surface area contributed by atoms with Crippen molar-refractivity contribution in [2.75, 3.05) is 12.3 Å². The molecule has 0 aliphatic carbocycles. The van der Waals surface area contributed by atoms with Gasteiger partial charge in [0.25, 0.3) is 0 Å². The van der Waals surface area contributed by atoms with Crippen molar-refractivity contribution >= 4 is 25.3 Å². The quantitative estimate of drug-likeness (QED) is 0.478. The van der Waals surface area contributed by atoms with Crippen LogP contribution in [0.25, 0.3) is 17.0 Å². The maximum atomic E-state index is 6.40. The SMILES string of the molecule is Cc1nc2ccc(C#CC(C)(C)CO[Si](C)(C)C(C)(C)C)cc2n1-c1ncnc(N)n1. The first kappa shape index (κ1) is 22.9. The molecule has 2 N–H and O–H groups in total. The third-order valence-electron chi connectivity index (χ3n) is 5.75. The highest BCUT2D eigenvalue weighted by Gasteiger charge is 2.38. The van der Waals surface area contributed by atoms with Crippen molar-refractivity contribution in [1.29, 1.82) is 0 Å². The molecule has 31 heavy (non-hydrogen) atoms. The molecule has 1 aromatic carbocycles. The van der Waals surface area contributed by atoms with E-state index in [4.69, 9.17) is 10.2 Å². The fourth-order valence-corrected chi connectivity index (χ4v) is 3.94. The summed E-state index contributed by atoms with van der Waals surface area (Å²) in [7, 11) is -1.81. The first-order valence-corrected chi connectivity index (χ1v) is 13.3. The van der Waals surface area contributed by atoms with Crippen LogP contribution in [0.15, 0.2) is 24.5 Å². The lowest BCUT2D eigenvalue weighted by molar-refractivity contribution is 0.209. The van der Waals surface area contributed by atoms with Crippen LogP contribution in [-0.2, 0) is 4.43 Å². The molecule has 0 bridgehead atoms. The Morgan fingerprint density at radius 2 is 1.81 bits per heavy atom. The van der Waals surface area contributed by atoms with Gasteiger partial charge in [0.05, 0.1) is 11.0 Å². The molecule has 0 unspecified atom stereocenters. The molecule has 3 rings (SSSR count). The van der Waals surface area contributed by atoms with Gasteiger partial charge >= 0.3 is 0 Å². The minimum Gasteiger partial charge on any atom is -0.415 e. The van der Waals surface area contributed by atoms with Crippen molar-refractivity contribution in [1.82, 2.24) is 24.5 Å². The van der Waals surface area contributed by atoms with E-state index in [1.807, 2.05) is 29.7 Å². The number of nitrogens with zero attached hydrogens (tertiary/aromatic N) is 5. The van der Waals surface area contributed by atoms with Crippen LogP contribution in [0.2, 0.25) is 18.1 Å². The maximum absolute atomic E-state index is 6.40. The number of aryl methyl sites for hydroxylation is 1. The van der Waals surface area contributed by atoms with Crippen LogP contribution in [0, 0.1) is 24.2 Å². The lowest BCUT2D eigenvalue weighted by Crippen LogP contribution is -2.42. The number of fused-ring (bicyclic) bond motifs is 1. The first-order chi connectivity index (χ1) is 14.3. The Morgan fingerprint density at radius 1 is 1.10 bits per heavy atom. The van der Waals surface area contributed by atoms with Gasteiger partial charge in [-0.3, -0.25) is 4.57 Å². The Bertz CT molecular complexity index is 1160. The summed E-state index contributed by atoms with van der Waals surface area (Å²) in [5, 5.41) is 0.177. The molecule has 0 fully saturated rings. The Labute approximate surface area is 185 Å². The molecule has 2 heterocycles.